The van der Waals surface area contributed by atoms with Gasteiger partial charge in [0.25, 0.3) is 0 Å². The number of likely N-dealkylation sites (N-methyl/N-ethyl adjacent to an activating group) is 1. The zero-order valence-corrected chi connectivity index (χ0v) is 14.4. The molecule has 2 heterocycles. The Morgan fingerprint density at radius 2 is 2.13 bits per heavy atom. The van der Waals surface area contributed by atoms with Gasteiger partial charge >= 0.3 is 0 Å². The third-order valence-corrected chi connectivity index (χ3v) is 4.98. The topological polar surface area (TPSA) is 37.8 Å². The highest BCUT2D eigenvalue weighted by atomic mass is 16.5. The summed E-state index contributed by atoms with van der Waals surface area (Å²) in [5.41, 5.74) is 1.34. The van der Waals surface area contributed by atoms with Gasteiger partial charge in [0.2, 0.25) is 0 Å². The minimum Gasteiger partial charge on any atom is -0.380 e. The third kappa shape index (κ3) is 4.51. The van der Waals surface area contributed by atoms with Crippen molar-refractivity contribution >= 4 is 0 Å². The maximum absolute atomic E-state index is 6.12. The van der Waals surface area contributed by atoms with Crippen molar-refractivity contribution in [3.05, 3.63) is 30.1 Å². The van der Waals surface area contributed by atoms with Gasteiger partial charge < -0.3 is 14.4 Å². The maximum Gasteiger partial charge on any atom is 0.0781 e. The summed E-state index contributed by atoms with van der Waals surface area (Å²) in [6.45, 7) is 5.48. The van der Waals surface area contributed by atoms with E-state index in [1.54, 1.807) is 0 Å². The van der Waals surface area contributed by atoms with E-state index in [-0.39, 0.29) is 0 Å². The zero-order valence-electron chi connectivity index (χ0n) is 14.4. The molecular weight excluding hydrogens is 290 g/mol. The Balaban J connectivity index is 1.51. The van der Waals surface area contributed by atoms with Crippen LogP contribution in [0, 0.1) is 5.92 Å². The number of pyridine rings is 1. The molecule has 2 aliphatic rings. The number of ether oxygens (including phenoxy) is 2. The molecule has 1 saturated carbocycles. The van der Waals surface area contributed by atoms with E-state index < -0.39 is 0 Å². The first kappa shape index (κ1) is 16.8. The molecule has 0 aromatic carbocycles. The molecule has 1 aromatic rings. The number of hydrogen-bond acceptors (Lipinski definition) is 5. The van der Waals surface area contributed by atoms with Crippen LogP contribution in [0.15, 0.2) is 24.5 Å². The number of fused-ring (bicyclic) bond motifs is 1. The van der Waals surface area contributed by atoms with E-state index in [4.69, 9.17) is 9.47 Å². The van der Waals surface area contributed by atoms with E-state index in [0.29, 0.717) is 18.1 Å². The van der Waals surface area contributed by atoms with Crippen molar-refractivity contribution in [3.63, 3.8) is 0 Å². The molecule has 0 spiro atoms. The molecule has 3 atom stereocenters. The van der Waals surface area contributed by atoms with Crippen LogP contribution in [0.5, 0.6) is 0 Å². The smallest absolute Gasteiger partial charge is 0.0781 e. The molecule has 0 unspecified atom stereocenters. The van der Waals surface area contributed by atoms with Crippen LogP contribution in [0.1, 0.15) is 18.4 Å². The quantitative estimate of drug-likeness (QED) is 0.714. The molecule has 1 aliphatic carbocycles. The van der Waals surface area contributed by atoms with E-state index in [1.807, 2.05) is 12.4 Å². The van der Waals surface area contributed by atoms with E-state index in [9.17, 15) is 0 Å². The molecule has 1 aromatic heterocycles. The summed E-state index contributed by atoms with van der Waals surface area (Å²) in [6, 6.07) is 4.77. The first-order chi connectivity index (χ1) is 11.2. The first-order valence-corrected chi connectivity index (χ1v) is 8.71. The van der Waals surface area contributed by atoms with E-state index in [1.165, 1.54) is 18.4 Å². The van der Waals surface area contributed by atoms with Gasteiger partial charge in [-0.15, -0.1) is 0 Å². The Kier molecular flexibility index (Phi) is 6.00. The fraction of sp³-hybridized carbons (Fsp3) is 0.722. The van der Waals surface area contributed by atoms with E-state index in [2.05, 4.69) is 41.0 Å². The monoisotopic (exact) mass is 319 g/mol. The first-order valence-electron chi connectivity index (χ1n) is 8.71. The zero-order chi connectivity index (χ0) is 16.1. The fourth-order valence-electron chi connectivity index (χ4n) is 3.72. The minimum atomic E-state index is 0.338. The molecule has 5 heteroatoms. The highest BCUT2D eigenvalue weighted by Crippen LogP contribution is 2.35. The largest absolute Gasteiger partial charge is 0.380 e. The van der Waals surface area contributed by atoms with Gasteiger partial charge in [-0.05, 0) is 44.6 Å². The van der Waals surface area contributed by atoms with Crippen molar-refractivity contribution in [3.8, 4) is 0 Å². The number of nitrogens with zero attached hydrogens (tertiary/aromatic N) is 3. The molecule has 3 rings (SSSR count). The normalized spacial score (nSPS) is 28.2. The van der Waals surface area contributed by atoms with Crippen molar-refractivity contribution < 1.29 is 9.47 Å². The molecule has 0 amide bonds. The number of hydrogen-bond donors (Lipinski definition) is 0. The molecule has 1 aliphatic heterocycles. The fourth-order valence-corrected chi connectivity index (χ4v) is 3.72. The molecular formula is C18H29N3O2. The molecule has 128 valence electrons. The second kappa shape index (κ2) is 8.20. The molecule has 0 N–H and O–H groups in total. The van der Waals surface area contributed by atoms with Crippen molar-refractivity contribution in [2.24, 2.45) is 5.92 Å². The lowest BCUT2D eigenvalue weighted by Gasteiger charge is -2.39. The van der Waals surface area contributed by atoms with Crippen LogP contribution in [0.3, 0.4) is 0 Å². The van der Waals surface area contributed by atoms with Crippen LogP contribution in [0.4, 0.5) is 0 Å². The van der Waals surface area contributed by atoms with Crippen LogP contribution < -0.4 is 0 Å². The second-order valence-electron chi connectivity index (χ2n) is 6.94. The highest BCUT2D eigenvalue weighted by Gasteiger charge is 2.42. The molecule has 5 nitrogen and oxygen atoms in total. The lowest BCUT2D eigenvalue weighted by Crippen LogP contribution is -2.50. The summed E-state index contributed by atoms with van der Waals surface area (Å²) in [5, 5.41) is 0. The van der Waals surface area contributed by atoms with Gasteiger partial charge in [-0.1, -0.05) is 0 Å². The van der Waals surface area contributed by atoms with Crippen LogP contribution in [0.2, 0.25) is 0 Å². The van der Waals surface area contributed by atoms with Crippen LogP contribution >= 0.6 is 0 Å². The van der Waals surface area contributed by atoms with Gasteiger partial charge in [-0.2, -0.15) is 0 Å². The van der Waals surface area contributed by atoms with Gasteiger partial charge in [0.05, 0.1) is 25.9 Å². The Hall–Kier alpha value is -1.01. The Morgan fingerprint density at radius 3 is 2.91 bits per heavy atom. The summed E-state index contributed by atoms with van der Waals surface area (Å²) < 4.78 is 12.0. The predicted octanol–water partition coefficient (Wildman–Crippen LogP) is 1.64. The van der Waals surface area contributed by atoms with Crippen LogP contribution in [-0.4, -0.2) is 73.9 Å². The number of rotatable bonds is 7. The summed E-state index contributed by atoms with van der Waals surface area (Å²) in [6.07, 6.45) is 6.53. The lowest BCUT2D eigenvalue weighted by atomic mass is 10.0. The molecule has 1 saturated heterocycles. The van der Waals surface area contributed by atoms with Crippen LogP contribution in [-0.2, 0) is 16.0 Å². The number of aromatic nitrogens is 1. The molecule has 0 bridgehead atoms. The van der Waals surface area contributed by atoms with Gasteiger partial charge in [0.15, 0.2) is 0 Å². The van der Waals surface area contributed by atoms with E-state index in [0.717, 1.165) is 39.5 Å². The van der Waals surface area contributed by atoms with Crippen molar-refractivity contribution in [2.45, 2.75) is 31.5 Å². The lowest BCUT2D eigenvalue weighted by molar-refractivity contribution is -0.0883. The average molecular weight is 319 g/mol. The van der Waals surface area contributed by atoms with Gasteiger partial charge in [-0.3, -0.25) is 9.88 Å². The highest BCUT2D eigenvalue weighted by molar-refractivity contribution is 5.10. The van der Waals surface area contributed by atoms with Crippen LogP contribution in [0.25, 0.3) is 0 Å². The molecule has 23 heavy (non-hydrogen) atoms. The maximum atomic E-state index is 6.12. The predicted molar refractivity (Wildman–Crippen MR) is 90.3 cm³/mol. The van der Waals surface area contributed by atoms with Crippen molar-refractivity contribution in [1.29, 1.82) is 0 Å². The molecule has 2 fully saturated rings. The third-order valence-electron chi connectivity index (χ3n) is 4.98. The van der Waals surface area contributed by atoms with Gasteiger partial charge in [0.1, 0.15) is 0 Å². The van der Waals surface area contributed by atoms with Crippen molar-refractivity contribution in [2.75, 3.05) is 47.0 Å². The summed E-state index contributed by atoms with van der Waals surface area (Å²) in [4.78, 5) is 8.85. The summed E-state index contributed by atoms with van der Waals surface area (Å²) in [5.74, 6) is 0.544. The Bertz CT molecular complexity index is 469. The van der Waals surface area contributed by atoms with E-state index >= 15 is 0 Å². The van der Waals surface area contributed by atoms with Gasteiger partial charge in [0, 0.05) is 44.0 Å². The minimum absolute atomic E-state index is 0.338. The summed E-state index contributed by atoms with van der Waals surface area (Å²) in [7, 11) is 4.16. The Labute approximate surface area is 139 Å². The number of morpholine rings is 1. The molecule has 0 radical (unpaired) electrons. The second-order valence-corrected chi connectivity index (χ2v) is 6.94. The standard InChI is InChI=1S/C18H29N3O2/c1-20(2)9-11-22-14-16-3-4-17-18(16)23-12-10-21(17)13-15-5-7-19-8-6-15/h5-8,16-18H,3-4,9-14H2,1-2H3/t16-,17-,18-/m0/s1. The Morgan fingerprint density at radius 1 is 1.30 bits per heavy atom. The van der Waals surface area contributed by atoms with Gasteiger partial charge in [-0.25, -0.2) is 0 Å². The average Bonchev–Trinajstić information content (AvgIpc) is 2.97. The van der Waals surface area contributed by atoms with Crippen molar-refractivity contribution in [1.82, 2.24) is 14.8 Å². The SMILES string of the molecule is CN(C)CCOC[C@@H]1CC[C@H]2[C@H]1OCCN2Cc1ccncc1. The summed E-state index contributed by atoms with van der Waals surface area (Å²) >= 11 is 0.